The molecule has 0 spiro atoms. The van der Waals surface area contributed by atoms with Crippen LogP contribution in [0.4, 0.5) is 0 Å². The number of thioether (sulfide) groups is 2. The Balaban J connectivity index is 2.73. The van der Waals surface area contributed by atoms with Crippen molar-refractivity contribution in [3.8, 4) is 5.75 Å². The summed E-state index contributed by atoms with van der Waals surface area (Å²) in [6.45, 7) is 2.36. The van der Waals surface area contributed by atoms with Gasteiger partial charge in [-0.15, -0.1) is 0 Å². The predicted octanol–water partition coefficient (Wildman–Crippen LogP) is 0.619. The smallest absolute Gasteiger partial charge is 0.327 e. The molecule has 9 nitrogen and oxygen atoms in total. The minimum absolute atomic E-state index is 0.0748. The highest BCUT2D eigenvalue weighted by Crippen LogP contribution is 2.23. The van der Waals surface area contributed by atoms with Gasteiger partial charge in [0.05, 0.1) is 5.56 Å². The van der Waals surface area contributed by atoms with Gasteiger partial charge in [0.25, 0.3) is 0 Å². The van der Waals surface area contributed by atoms with Gasteiger partial charge in [0, 0.05) is 25.4 Å². The van der Waals surface area contributed by atoms with Crippen LogP contribution in [0.25, 0.3) is 0 Å². The number of carbonyl (C=O) groups excluding carboxylic acids is 4. The van der Waals surface area contributed by atoms with Gasteiger partial charge in [0.2, 0.25) is 22.0 Å². The van der Waals surface area contributed by atoms with Crippen LogP contribution in [0.5, 0.6) is 5.75 Å². The van der Waals surface area contributed by atoms with Crippen molar-refractivity contribution in [2.45, 2.75) is 25.9 Å². The third kappa shape index (κ3) is 8.01. The second kappa shape index (κ2) is 11.3. The molecule has 0 saturated heterocycles. The highest BCUT2D eigenvalue weighted by Gasteiger charge is 2.26. The molecule has 0 aliphatic rings. The summed E-state index contributed by atoms with van der Waals surface area (Å²) in [5.74, 6) is -2.88. The fraction of sp³-hybridized carbons (Fsp3) is 0.353. The van der Waals surface area contributed by atoms with Crippen LogP contribution in [-0.2, 0) is 19.2 Å². The van der Waals surface area contributed by atoms with E-state index >= 15 is 0 Å². The van der Waals surface area contributed by atoms with Gasteiger partial charge in [-0.25, -0.2) is 4.79 Å². The molecule has 1 aromatic rings. The third-order valence-corrected chi connectivity index (χ3v) is 5.29. The zero-order chi connectivity index (χ0) is 21.3. The number of benzene rings is 1. The normalized spacial score (nSPS) is 12.5. The van der Waals surface area contributed by atoms with E-state index in [1.54, 1.807) is 12.1 Å². The number of nitrogens with one attached hydrogen (secondary N) is 2. The molecule has 2 unspecified atom stereocenters. The number of carboxylic acids is 1. The first kappa shape index (κ1) is 23.5. The molecule has 0 bridgehead atoms. The van der Waals surface area contributed by atoms with Crippen LogP contribution in [0.1, 0.15) is 24.2 Å². The van der Waals surface area contributed by atoms with Crippen molar-refractivity contribution in [3.05, 3.63) is 29.8 Å². The summed E-state index contributed by atoms with van der Waals surface area (Å²) in [6, 6.07) is 3.61. The average molecular weight is 428 g/mol. The molecule has 1 rings (SSSR count). The SMILES string of the molecule is CC(=O)NC(CSC(=O)C(CSC(=O)c1ccccc1O)NC(C)=O)C(=O)O. The highest BCUT2D eigenvalue weighted by molar-refractivity contribution is 8.15. The van der Waals surface area contributed by atoms with Gasteiger partial charge in [-0.2, -0.15) is 0 Å². The Hall–Kier alpha value is -2.53. The molecule has 0 aliphatic heterocycles. The van der Waals surface area contributed by atoms with E-state index in [-0.39, 0.29) is 22.8 Å². The Labute approximate surface area is 169 Å². The quantitative estimate of drug-likeness (QED) is 0.444. The first-order valence-electron chi connectivity index (χ1n) is 8.00. The molecule has 0 radical (unpaired) electrons. The molecule has 152 valence electrons. The monoisotopic (exact) mass is 428 g/mol. The Morgan fingerprint density at radius 2 is 1.46 bits per heavy atom. The maximum absolute atomic E-state index is 12.4. The number of aromatic hydroxyl groups is 1. The molecule has 11 heteroatoms. The molecule has 28 heavy (non-hydrogen) atoms. The lowest BCUT2D eigenvalue weighted by molar-refractivity contribution is -0.140. The summed E-state index contributed by atoms with van der Waals surface area (Å²) in [7, 11) is 0. The number of para-hydroxylation sites is 1. The van der Waals surface area contributed by atoms with Gasteiger partial charge in [0.15, 0.2) is 0 Å². The number of amides is 2. The van der Waals surface area contributed by atoms with E-state index in [0.717, 1.165) is 18.7 Å². The van der Waals surface area contributed by atoms with Crippen molar-refractivity contribution in [1.29, 1.82) is 0 Å². The highest BCUT2D eigenvalue weighted by atomic mass is 32.2. The number of phenols is 1. The second-order valence-corrected chi connectivity index (χ2v) is 7.61. The maximum Gasteiger partial charge on any atom is 0.327 e. The average Bonchev–Trinajstić information content (AvgIpc) is 2.61. The second-order valence-electron chi connectivity index (χ2n) is 5.59. The topological polar surface area (TPSA) is 150 Å². The molecule has 0 aromatic heterocycles. The molecule has 2 atom stereocenters. The van der Waals surface area contributed by atoms with Crippen LogP contribution < -0.4 is 10.6 Å². The molecule has 0 saturated carbocycles. The molecule has 0 heterocycles. The van der Waals surface area contributed by atoms with E-state index in [0.29, 0.717) is 11.8 Å². The fourth-order valence-electron chi connectivity index (χ4n) is 1.98. The van der Waals surface area contributed by atoms with E-state index in [1.165, 1.54) is 19.1 Å². The van der Waals surface area contributed by atoms with Crippen molar-refractivity contribution in [3.63, 3.8) is 0 Å². The number of phenolic OH excluding ortho intramolecular Hbond substituents is 1. The van der Waals surface area contributed by atoms with Crippen molar-refractivity contribution >= 4 is 51.5 Å². The van der Waals surface area contributed by atoms with Crippen LogP contribution in [0.15, 0.2) is 24.3 Å². The zero-order valence-electron chi connectivity index (χ0n) is 15.1. The molecule has 2 amide bonds. The fourth-order valence-corrected chi connectivity index (χ4v) is 3.87. The number of hydrogen-bond acceptors (Lipinski definition) is 8. The molecule has 0 aliphatic carbocycles. The standard InChI is InChI=1S/C17H20N2O7S2/c1-9(20)18-12(15(23)24)7-28-17(26)13(19-10(2)21)8-27-16(25)11-5-3-4-6-14(11)22/h3-6,12-13,22H,7-8H2,1-2H3,(H,18,20)(H,19,21)(H,23,24). The molecule has 4 N–H and O–H groups in total. The Morgan fingerprint density at radius 1 is 0.929 bits per heavy atom. The zero-order valence-corrected chi connectivity index (χ0v) is 16.8. The maximum atomic E-state index is 12.4. The van der Waals surface area contributed by atoms with E-state index in [1.807, 2.05) is 0 Å². The Kier molecular flexibility index (Phi) is 9.52. The van der Waals surface area contributed by atoms with E-state index in [9.17, 15) is 29.1 Å². The molecule has 0 fully saturated rings. The van der Waals surface area contributed by atoms with Crippen LogP contribution >= 0.6 is 23.5 Å². The van der Waals surface area contributed by atoms with Gasteiger partial charge in [-0.05, 0) is 12.1 Å². The number of carboxylic acid groups (broad SMARTS) is 1. The van der Waals surface area contributed by atoms with Gasteiger partial charge in [0.1, 0.15) is 17.8 Å². The van der Waals surface area contributed by atoms with Crippen LogP contribution in [-0.4, -0.2) is 61.8 Å². The van der Waals surface area contributed by atoms with Crippen LogP contribution in [0.3, 0.4) is 0 Å². The summed E-state index contributed by atoms with van der Waals surface area (Å²) in [6.07, 6.45) is 0. The minimum Gasteiger partial charge on any atom is -0.507 e. The van der Waals surface area contributed by atoms with Crippen LogP contribution in [0.2, 0.25) is 0 Å². The van der Waals surface area contributed by atoms with Gasteiger partial charge >= 0.3 is 5.97 Å². The number of hydrogen-bond donors (Lipinski definition) is 4. The van der Waals surface area contributed by atoms with E-state index < -0.39 is 40.1 Å². The van der Waals surface area contributed by atoms with Gasteiger partial charge in [-0.3, -0.25) is 19.2 Å². The molecular formula is C17H20N2O7S2. The largest absolute Gasteiger partial charge is 0.507 e. The van der Waals surface area contributed by atoms with Crippen molar-refractivity contribution in [2.75, 3.05) is 11.5 Å². The lowest BCUT2D eigenvalue weighted by atomic mass is 10.2. The Bertz CT molecular complexity index is 770. The number of rotatable bonds is 9. The van der Waals surface area contributed by atoms with Crippen LogP contribution in [0, 0.1) is 0 Å². The Morgan fingerprint density at radius 3 is 2.00 bits per heavy atom. The predicted molar refractivity (Wildman–Crippen MR) is 105 cm³/mol. The van der Waals surface area contributed by atoms with Crippen molar-refractivity contribution < 1.29 is 34.2 Å². The number of carbonyl (C=O) groups is 5. The summed E-state index contributed by atoms with van der Waals surface area (Å²) in [4.78, 5) is 58.1. The molecule has 1 aromatic carbocycles. The van der Waals surface area contributed by atoms with Crippen molar-refractivity contribution in [2.24, 2.45) is 0 Å². The first-order valence-corrected chi connectivity index (χ1v) is 9.97. The van der Waals surface area contributed by atoms with E-state index in [2.05, 4.69) is 10.6 Å². The number of aliphatic carboxylic acids is 1. The lowest BCUT2D eigenvalue weighted by Crippen LogP contribution is -2.44. The first-order chi connectivity index (χ1) is 13.1. The summed E-state index contributed by atoms with van der Waals surface area (Å²) in [5.41, 5.74) is 0.0748. The summed E-state index contributed by atoms with van der Waals surface area (Å²) in [5, 5.41) is 22.4. The third-order valence-electron chi connectivity index (χ3n) is 3.23. The lowest BCUT2D eigenvalue weighted by Gasteiger charge is -2.17. The van der Waals surface area contributed by atoms with E-state index in [4.69, 9.17) is 5.11 Å². The van der Waals surface area contributed by atoms with Crippen molar-refractivity contribution in [1.82, 2.24) is 10.6 Å². The molecular weight excluding hydrogens is 408 g/mol. The van der Waals surface area contributed by atoms with Gasteiger partial charge < -0.3 is 20.8 Å². The van der Waals surface area contributed by atoms with Gasteiger partial charge in [-0.1, -0.05) is 35.7 Å². The summed E-state index contributed by atoms with van der Waals surface area (Å²) >= 11 is 1.37. The summed E-state index contributed by atoms with van der Waals surface area (Å²) < 4.78 is 0. The minimum atomic E-state index is -1.30.